The topological polar surface area (TPSA) is 41.1 Å². The van der Waals surface area contributed by atoms with Crippen LogP contribution in [0.3, 0.4) is 0 Å². The van der Waals surface area contributed by atoms with Crippen LogP contribution in [0.25, 0.3) is 0 Å². The van der Waals surface area contributed by atoms with Crippen molar-refractivity contribution in [2.75, 3.05) is 13.1 Å². The van der Waals surface area contributed by atoms with Crippen molar-refractivity contribution in [3.8, 4) is 0 Å². The summed E-state index contributed by atoms with van der Waals surface area (Å²) < 4.78 is 0. The molecular weight excluding hydrogens is 248 g/mol. The van der Waals surface area contributed by atoms with Gasteiger partial charge in [-0.15, -0.1) is 0 Å². The highest BCUT2D eigenvalue weighted by atomic mass is 35.5. The molecule has 0 atom stereocenters. The zero-order chi connectivity index (χ0) is 13.0. The summed E-state index contributed by atoms with van der Waals surface area (Å²) in [7, 11) is 0. The monoisotopic (exact) mass is 266 g/mol. The Morgan fingerprint density at radius 1 is 1.39 bits per heavy atom. The number of amides is 1. The first kappa shape index (κ1) is 13.4. The van der Waals surface area contributed by atoms with E-state index in [2.05, 4.69) is 10.6 Å². The summed E-state index contributed by atoms with van der Waals surface area (Å²) in [5.41, 5.74) is 1.51. The molecule has 0 bridgehead atoms. The second-order valence-corrected chi connectivity index (χ2v) is 5.16. The van der Waals surface area contributed by atoms with Crippen LogP contribution in [0.1, 0.15) is 35.2 Å². The second-order valence-electron chi connectivity index (χ2n) is 4.75. The smallest absolute Gasteiger partial charge is 0.251 e. The largest absolute Gasteiger partial charge is 0.352 e. The molecule has 1 aliphatic carbocycles. The zero-order valence-corrected chi connectivity index (χ0v) is 11.4. The van der Waals surface area contributed by atoms with Crippen molar-refractivity contribution in [1.29, 1.82) is 0 Å². The molecule has 3 nitrogen and oxygen atoms in total. The van der Waals surface area contributed by atoms with Crippen LogP contribution in [0.15, 0.2) is 18.2 Å². The average Bonchev–Trinajstić information content (AvgIpc) is 3.16. The van der Waals surface area contributed by atoms with Crippen LogP contribution in [0.4, 0.5) is 0 Å². The van der Waals surface area contributed by atoms with Crippen molar-refractivity contribution >= 4 is 17.5 Å². The third-order valence-corrected chi connectivity index (χ3v) is 3.57. The highest BCUT2D eigenvalue weighted by Crippen LogP contribution is 2.19. The van der Waals surface area contributed by atoms with Gasteiger partial charge in [0.1, 0.15) is 0 Å². The molecule has 0 saturated heterocycles. The maximum Gasteiger partial charge on any atom is 0.251 e. The Kier molecular flexibility index (Phi) is 4.61. The molecular formula is C14H19ClN2O. The van der Waals surface area contributed by atoms with Gasteiger partial charge in [-0.05, 0) is 50.4 Å². The normalized spacial score (nSPS) is 14.6. The van der Waals surface area contributed by atoms with E-state index >= 15 is 0 Å². The highest BCUT2D eigenvalue weighted by molar-refractivity contribution is 6.31. The van der Waals surface area contributed by atoms with Crippen LogP contribution < -0.4 is 10.6 Å². The quantitative estimate of drug-likeness (QED) is 0.777. The molecule has 0 aromatic heterocycles. The number of carbonyl (C=O) groups is 1. The summed E-state index contributed by atoms with van der Waals surface area (Å²) in [6.07, 6.45) is 3.56. The molecule has 1 aromatic rings. The van der Waals surface area contributed by atoms with Crippen LogP contribution in [0.5, 0.6) is 0 Å². The number of rotatable bonds is 6. The fourth-order valence-corrected chi connectivity index (χ4v) is 2.01. The van der Waals surface area contributed by atoms with Crippen molar-refractivity contribution in [3.63, 3.8) is 0 Å². The van der Waals surface area contributed by atoms with E-state index in [4.69, 9.17) is 11.6 Å². The van der Waals surface area contributed by atoms with Crippen LogP contribution in [-0.4, -0.2) is 25.0 Å². The molecule has 1 aromatic carbocycles. The first-order chi connectivity index (χ1) is 8.68. The summed E-state index contributed by atoms with van der Waals surface area (Å²) in [4.78, 5) is 11.9. The van der Waals surface area contributed by atoms with Crippen LogP contribution in [0, 0.1) is 6.92 Å². The summed E-state index contributed by atoms with van der Waals surface area (Å²) in [5, 5.41) is 6.98. The Hall–Kier alpha value is -1.06. The van der Waals surface area contributed by atoms with Gasteiger partial charge in [0.15, 0.2) is 0 Å². The summed E-state index contributed by atoms with van der Waals surface area (Å²) in [5.74, 6) is -0.0404. The zero-order valence-electron chi connectivity index (χ0n) is 10.6. The van der Waals surface area contributed by atoms with E-state index in [9.17, 15) is 4.79 Å². The Labute approximate surface area is 113 Å². The minimum atomic E-state index is -0.0404. The fraction of sp³-hybridized carbons (Fsp3) is 0.500. The molecule has 0 aliphatic heterocycles. The van der Waals surface area contributed by atoms with Crippen molar-refractivity contribution in [2.45, 2.75) is 32.2 Å². The van der Waals surface area contributed by atoms with Gasteiger partial charge in [0.25, 0.3) is 5.91 Å². The minimum absolute atomic E-state index is 0.0404. The number of hydrogen-bond donors (Lipinski definition) is 2. The first-order valence-corrected chi connectivity index (χ1v) is 6.83. The second kappa shape index (κ2) is 6.21. The van der Waals surface area contributed by atoms with E-state index in [0.717, 1.165) is 24.6 Å². The molecule has 18 heavy (non-hydrogen) atoms. The number of benzene rings is 1. The lowest BCUT2D eigenvalue weighted by Gasteiger charge is -2.09. The maximum absolute atomic E-state index is 11.9. The van der Waals surface area contributed by atoms with Gasteiger partial charge < -0.3 is 10.6 Å². The predicted octanol–water partition coefficient (Wildman–Crippen LogP) is 2.52. The molecule has 2 N–H and O–H groups in total. The van der Waals surface area contributed by atoms with Gasteiger partial charge in [-0.1, -0.05) is 17.7 Å². The fourth-order valence-electron chi connectivity index (χ4n) is 1.83. The van der Waals surface area contributed by atoms with Crippen LogP contribution in [0.2, 0.25) is 5.02 Å². The Morgan fingerprint density at radius 3 is 2.89 bits per heavy atom. The molecule has 1 fully saturated rings. The van der Waals surface area contributed by atoms with Gasteiger partial charge in [-0.2, -0.15) is 0 Å². The third-order valence-electron chi connectivity index (χ3n) is 3.16. The molecule has 0 radical (unpaired) electrons. The lowest BCUT2D eigenvalue weighted by Crippen LogP contribution is -2.28. The van der Waals surface area contributed by atoms with Gasteiger partial charge in [0.05, 0.1) is 0 Å². The Bertz CT molecular complexity index is 430. The van der Waals surface area contributed by atoms with E-state index in [0.29, 0.717) is 17.1 Å². The van der Waals surface area contributed by atoms with Crippen molar-refractivity contribution in [3.05, 3.63) is 34.3 Å². The van der Waals surface area contributed by atoms with Gasteiger partial charge in [0, 0.05) is 23.2 Å². The molecule has 1 aliphatic rings. The van der Waals surface area contributed by atoms with E-state index in [-0.39, 0.29) is 5.91 Å². The van der Waals surface area contributed by atoms with E-state index in [1.807, 2.05) is 6.92 Å². The minimum Gasteiger partial charge on any atom is -0.352 e. The van der Waals surface area contributed by atoms with Crippen molar-refractivity contribution < 1.29 is 4.79 Å². The summed E-state index contributed by atoms with van der Waals surface area (Å²) in [6, 6.07) is 6.14. The molecule has 0 heterocycles. The van der Waals surface area contributed by atoms with E-state index < -0.39 is 0 Å². The summed E-state index contributed by atoms with van der Waals surface area (Å²) in [6.45, 7) is 3.54. The highest BCUT2D eigenvalue weighted by Gasteiger charge is 2.19. The molecule has 0 spiro atoms. The summed E-state index contributed by atoms with van der Waals surface area (Å²) >= 11 is 5.99. The van der Waals surface area contributed by atoms with Crippen LogP contribution in [-0.2, 0) is 0 Å². The van der Waals surface area contributed by atoms with Gasteiger partial charge in [0.2, 0.25) is 0 Å². The average molecular weight is 267 g/mol. The van der Waals surface area contributed by atoms with Gasteiger partial charge in [-0.3, -0.25) is 4.79 Å². The van der Waals surface area contributed by atoms with Crippen LogP contribution >= 0.6 is 11.6 Å². The van der Waals surface area contributed by atoms with E-state index in [1.54, 1.807) is 18.2 Å². The number of hydrogen-bond acceptors (Lipinski definition) is 2. The number of nitrogens with one attached hydrogen (secondary N) is 2. The standard InChI is InChI=1S/C14H19ClN2O/c1-10-12(4-2-5-13(10)15)14(18)17-9-3-8-16-11-6-7-11/h2,4-5,11,16H,3,6-9H2,1H3,(H,17,18). The molecule has 4 heteroatoms. The van der Waals surface area contributed by atoms with Gasteiger partial charge >= 0.3 is 0 Å². The van der Waals surface area contributed by atoms with E-state index in [1.165, 1.54) is 12.8 Å². The molecule has 1 saturated carbocycles. The predicted molar refractivity (Wildman–Crippen MR) is 74.2 cm³/mol. The maximum atomic E-state index is 11.9. The lowest BCUT2D eigenvalue weighted by atomic mass is 10.1. The van der Waals surface area contributed by atoms with Gasteiger partial charge in [-0.25, -0.2) is 0 Å². The van der Waals surface area contributed by atoms with Crippen molar-refractivity contribution in [1.82, 2.24) is 10.6 Å². The molecule has 98 valence electrons. The Balaban J connectivity index is 1.74. The Morgan fingerprint density at radius 2 is 2.17 bits per heavy atom. The lowest BCUT2D eigenvalue weighted by molar-refractivity contribution is 0.0952. The molecule has 2 rings (SSSR count). The molecule has 0 unspecified atom stereocenters. The molecule has 1 amide bonds. The first-order valence-electron chi connectivity index (χ1n) is 6.45. The number of halogens is 1. The third kappa shape index (κ3) is 3.72. The SMILES string of the molecule is Cc1c(Cl)cccc1C(=O)NCCCNC1CC1. The van der Waals surface area contributed by atoms with Crippen molar-refractivity contribution in [2.24, 2.45) is 0 Å². The number of carbonyl (C=O) groups excluding carboxylic acids is 1.